The topological polar surface area (TPSA) is 30.9 Å². The van der Waals surface area contributed by atoms with Gasteiger partial charge < -0.3 is 10.3 Å². The molecular formula is C20H15F3N2. The summed E-state index contributed by atoms with van der Waals surface area (Å²) in [6, 6.07) is 16.9. The van der Waals surface area contributed by atoms with E-state index in [1.807, 2.05) is 41.8 Å². The Morgan fingerprint density at radius 1 is 0.840 bits per heavy atom. The number of hydrogen-bond acceptors (Lipinski definition) is 1. The summed E-state index contributed by atoms with van der Waals surface area (Å²) < 4.78 is 41.5. The molecule has 0 aliphatic heterocycles. The fourth-order valence-corrected chi connectivity index (χ4v) is 3.26. The van der Waals surface area contributed by atoms with E-state index in [9.17, 15) is 13.2 Å². The van der Waals surface area contributed by atoms with E-state index in [0.29, 0.717) is 16.9 Å². The monoisotopic (exact) mass is 340 g/mol. The van der Waals surface area contributed by atoms with Crippen LogP contribution in [0.2, 0.25) is 0 Å². The first-order valence-corrected chi connectivity index (χ1v) is 7.83. The fourth-order valence-electron chi connectivity index (χ4n) is 3.26. The summed E-state index contributed by atoms with van der Waals surface area (Å²) in [7, 11) is 0. The SMILES string of the molecule is Cc1ccc2c3ccc(C(F)(F)F)cc3n(-c3ccccc3N)c2c1. The van der Waals surface area contributed by atoms with Gasteiger partial charge in [-0.05, 0) is 42.8 Å². The molecule has 1 aromatic heterocycles. The molecule has 0 saturated carbocycles. The summed E-state index contributed by atoms with van der Waals surface area (Å²) in [6.45, 7) is 1.96. The van der Waals surface area contributed by atoms with Crippen molar-refractivity contribution in [1.82, 2.24) is 4.57 Å². The smallest absolute Gasteiger partial charge is 0.397 e. The molecule has 0 unspecified atom stereocenters. The molecule has 2 nitrogen and oxygen atoms in total. The van der Waals surface area contributed by atoms with Crippen molar-refractivity contribution in [3.05, 3.63) is 71.8 Å². The van der Waals surface area contributed by atoms with Crippen LogP contribution in [0.15, 0.2) is 60.7 Å². The van der Waals surface area contributed by atoms with Crippen molar-refractivity contribution in [3.63, 3.8) is 0 Å². The van der Waals surface area contributed by atoms with Crippen LogP contribution >= 0.6 is 0 Å². The summed E-state index contributed by atoms with van der Waals surface area (Å²) in [5.41, 5.74) is 8.99. The number of anilines is 1. The second-order valence-corrected chi connectivity index (χ2v) is 6.14. The molecule has 0 bridgehead atoms. The van der Waals surface area contributed by atoms with E-state index < -0.39 is 11.7 Å². The standard InChI is InChI=1S/C20H15F3N2/c1-12-6-8-14-15-9-7-13(20(21,22)23)11-19(15)25(18(14)10-12)17-5-3-2-4-16(17)24/h2-11H,24H2,1H3. The molecule has 3 aromatic carbocycles. The minimum atomic E-state index is -4.40. The highest BCUT2D eigenvalue weighted by molar-refractivity contribution is 6.10. The number of alkyl halides is 3. The zero-order valence-electron chi connectivity index (χ0n) is 13.4. The Hall–Kier alpha value is -2.95. The number of rotatable bonds is 1. The van der Waals surface area contributed by atoms with E-state index in [4.69, 9.17) is 5.73 Å². The maximum atomic E-state index is 13.2. The van der Waals surface area contributed by atoms with Crippen molar-refractivity contribution in [1.29, 1.82) is 0 Å². The molecule has 25 heavy (non-hydrogen) atoms. The number of para-hydroxylation sites is 2. The van der Waals surface area contributed by atoms with E-state index in [0.717, 1.165) is 27.9 Å². The van der Waals surface area contributed by atoms with E-state index in [2.05, 4.69) is 0 Å². The normalized spacial score (nSPS) is 12.2. The van der Waals surface area contributed by atoms with Crippen LogP contribution in [0.3, 0.4) is 0 Å². The molecule has 5 heteroatoms. The number of benzene rings is 3. The van der Waals surface area contributed by atoms with Gasteiger partial charge in [0.05, 0.1) is 28.0 Å². The van der Waals surface area contributed by atoms with Crippen LogP contribution in [0, 0.1) is 6.92 Å². The third-order valence-corrected chi connectivity index (χ3v) is 4.43. The molecule has 0 radical (unpaired) electrons. The van der Waals surface area contributed by atoms with Crippen LogP contribution in [0.1, 0.15) is 11.1 Å². The van der Waals surface area contributed by atoms with Gasteiger partial charge in [0.15, 0.2) is 0 Å². The van der Waals surface area contributed by atoms with Crippen LogP contribution < -0.4 is 5.73 Å². The van der Waals surface area contributed by atoms with Gasteiger partial charge >= 0.3 is 6.18 Å². The Morgan fingerprint density at radius 2 is 1.48 bits per heavy atom. The fraction of sp³-hybridized carbons (Fsp3) is 0.100. The second-order valence-electron chi connectivity index (χ2n) is 6.14. The van der Waals surface area contributed by atoms with Crippen molar-refractivity contribution in [2.45, 2.75) is 13.1 Å². The van der Waals surface area contributed by atoms with E-state index in [1.54, 1.807) is 12.1 Å². The van der Waals surface area contributed by atoms with Gasteiger partial charge in [-0.15, -0.1) is 0 Å². The van der Waals surface area contributed by atoms with Crippen LogP contribution in [-0.4, -0.2) is 4.57 Å². The van der Waals surface area contributed by atoms with Crippen LogP contribution in [0.5, 0.6) is 0 Å². The highest BCUT2D eigenvalue weighted by atomic mass is 19.4. The zero-order valence-corrected chi connectivity index (χ0v) is 13.4. The summed E-state index contributed by atoms with van der Waals surface area (Å²) >= 11 is 0. The van der Waals surface area contributed by atoms with Gasteiger partial charge in [-0.3, -0.25) is 0 Å². The summed E-state index contributed by atoms with van der Waals surface area (Å²) in [5, 5.41) is 1.67. The number of halogens is 3. The average molecular weight is 340 g/mol. The van der Waals surface area contributed by atoms with Crippen LogP contribution in [0.4, 0.5) is 18.9 Å². The second kappa shape index (κ2) is 5.28. The highest BCUT2D eigenvalue weighted by Crippen LogP contribution is 2.38. The first-order chi connectivity index (χ1) is 11.9. The summed E-state index contributed by atoms with van der Waals surface area (Å²) in [4.78, 5) is 0. The number of fused-ring (bicyclic) bond motifs is 3. The number of nitrogens with zero attached hydrogens (tertiary/aromatic N) is 1. The Morgan fingerprint density at radius 3 is 2.16 bits per heavy atom. The van der Waals surface area contributed by atoms with Gasteiger partial charge in [0.1, 0.15) is 0 Å². The van der Waals surface area contributed by atoms with Gasteiger partial charge in [-0.2, -0.15) is 13.2 Å². The lowest BCUT2D eigenvalue weighted by atomic mass is 10.1. The number of nitrogens with two attached hydrogens (primary N) is 1. The third-order valence-electron chi connectivity index (χ3n) is 4.43. The van der Waals surface area contributed by atoms with Crippen molar-refractivity contribution >= 4 is 27.5 Å². The molecule has 0 amide bonds. The third kappa shape index (κ3) is 2.43. The lowest BCUT2D eigenvalue weighted by molar-refractivity contribution is -0.137. The van der Waals surface area contributed by atoms with Crippen molar-refractivity contribution < 1.29 is 13.2 Å². The lowest BCUT2D eigenvalue weighted by Gasteiger charge is -2.12. The van der Waals surface area contributed by atoms with Crippen LogP contribution in [0.25, 0.3) is 27.5 Å². The van der Waals surface area contributed by atoms with Gasteiger partial charge in [0, 0.05) is 10.8 Å². The number of nitrogen functional groups attached to an aromatic ring is 1. The van der Waals surface area contributed by atoms with E-state index >= 15 is 0 Å². The van der Waals surface area contributed by atoms with Crippen molar-refractivity contribution in [2.75, 3.05) is 5.73 Å². The number of aromatic nitrogens is 1. The molecule has 126 valence electrons. The molecule has 0 aliphatic rings. The molecule has 1 heterocycles. The first-order valence-electron chi connectivity index (χ1n) is 7.83. The van der Waals surface area contributed by atoms with Crippen molar-refractivity contribution in [2.24, 2.45) is 0 Å². The lowest BCUT2D eigenvalue weighted by Crippen LogP contribution is -2.05. The molecule has 0 fully saturated rings. The predicted octanol–water partition coefficient (Wildman–Crippen LogP) is 5.69. The Balaban J connectivity index is 2.19. The Bertz CT molecular complexity index is 1110. The van der Waals surface area contributed by atoms with Gasteiger partial charge in [-0.25, -0.2) is 0 Å². The Labute approximate surface area is 142 Å². The first kappa shape index (κ1) is 15.6. The Kier molecular flexibility index (Phi) is 3.29. The predicted molar refractivity (Wildman–Crippen MR) is 94.9 cm³/mol. The van der Waals surface area contributed by atoms with Gasteiger partial charge in [-0.1, -0.05) is 30.3 Å². The average Bonchev–Trinajstić information content (AvgIpc) is 2.87. The molecule has 0 aliphatic carbocycles. The maximum Gasteiger partial charge on any atom is 0.416 e. The maximum absolute atomic E-state index is 13.2. The van der Waals surface area contributed by atoms with E-state index in [-0.39, 0.29) is 0 Å². The van der Waals surface area contributed by atoms with E-state index in [1.165, 1.54) is 12.1 Å². The van der Waals surface area contributed by atoms with Gasteiger partial charge in [0.25, 0.3) is 0 Å². The molecule has 0 spiro atoms. The number of hydrogen-bond donors (Lipinski definition) is 1. The molecule has 0 atom stereocenters. The molecule has 4 rings (SSSR count). The van der Waals surface area contributed by atoms with Crippen LogP contribution in [-0.2, 0) is 6.18 Å². The largest absolute Gasteiger partial charge is 0.416 e. The zero-order chi connectivity index (χ0) is 17.8. The molecule has 0 saturated heterocycles. The van der Waals surface area contributed by atoms with Gasteiger partial charge in [0.2, 0.25) is 0 Å². The van der Waals surface area contributed by atoms with Crippen molar-refractivity contribution in [3.8, 4) is 5.69 Å². The summed E-state index contributed by atoms with van der Waals surface area (Å²) in [6.07, 6.45) is -4.40. The minimum absolute atomic E-state index is 0.494. The molecule has 2 N–H and O–H groups in total. The molecular weight excluding hydrogens is 325 g/mol. The highest BCUT2D eigenvalue weighted by Gasteiger charge is 2.31. The molecule has 4 aromatic rings. The quantitative estimate of drug-likeness (QED) is 0.443. The minimum Gasteiger partial charge on any atom is -0.397 e. The summed E-state index contributed by atoms with van der Waals surface area (Å²) in [5.74, 6) is 0. The number of aryl methyl sites for hydroxylation is 1.